The Kier molecular flexibility index (Phi) is 6.23. The van der Waals surface area contributed by atoms with Crippen LogP contribution in [0.3, 0.4) is 0 Å². The molecule has 0 aliphatic carbocycles. The Bertz CT molecular complexity index is 582. The number of aromatic nitrogens is 2. The lowest BCUT2D eigenvalue weighted by atomic mass is 9.94. The van der Waals surface area contributed by atoms with Crippen LogP contribution < -0.4 is 5.32 Å². The zero-order chi connectivity index (χ0) is 17.7. The predicted octanol–water partition coefficient (Wildman–Crippen LogP) is 1.91. The van der Waals surface area contributed by atoms with Gasteiger partial charge in [0, 0.05) is 37.4 Å². The topological polar surface area (TPSA) is 76.5 Å². The van der Waals surface area contributed by atoms with Crippen LogP contribution in [0, 0.1) is 12.8 Å². The summed E-state index contributed by atoms with van der Waals surface area (Å²) in [4.78, 5) is 29.7. The summed E-state index contributed by atoms with van der Waals surface area (Å²) in [6.07, 6.45) is 4.84. The first-order valence-corrected chi connectivity index (χ1v) is 8.54. The van der Waals surface area contributed by atoms with Crippen molar-refractivity contribution in [3.63, 3.8) is 0 Å². The number of hydrogen-bond acceptors (Lipinski definition) is 4. The van der Waals surface area contributed by atoms with E-state index in [-0.39, 0.29) is 12.6 Å². The molecule has 0 saturated carbocycles. The van der Waals surface area contributed by atoms with E-state index in [1.54, 1.807) is 4.90 Å². The van der Waals surface area contributed by atoms with E-state index in [1.165, 1.54) is 12.8 Å². The van der Waals surface area contributed by atoms with Crippen LogP contribution in [0.25, 0.3) is 0 Å². The maximum absolute atomic E-state index is 12.2. The van der Waals surface area contributed by atoms with Crippen LogP contribution in [0.4, 0.5) is 4.79 Å². The zero-order valence-electron chi connectivity index (χ0n) is 15.0. The van der Waals surface area contributed by atoms with Gasteiger partial charge in [-0.15, -0.1) is 0 Å². The predicted molar refractivity (Wildman–Crippen MR) is 90.8 cm³/mol. The van der Waals surface area contributed by atoms with Gasteiger partial charge in [-0.1, -0.05) is 0 Å². The maximum Gasteiger partial charge on any atom is 0.325 e. The largest absolute Gasteiger partial charge is 0.468 e. The van der Waals surface area contributed by atoms with Gasteiger partial charge in [-0.25, -0.2) is 9.78 Å². The summed E-state index contributed by atoms with van der Waals surface area (Å²) >= 11 is 0. The molecule has 7 nitrogen and oxygen atoms in total. The van der Waals surface area contributed by atoms with Crippen LogP contribution in [-0.4, -0.2) is 53.2 Å². The normalized spacial score (nSPS) is 17.9. The minimum absolute atomic E-state index is 0.0898. The van der Waals surface area contributed by atoms with E-state index in [1.807, 2.05) is 6.20 Å². The third-order valence-electron chi connectivity index (χ3n) is 4.46. The lowest BCUT2D eigenvalue weighted by molar-refractivity contribution is -0.139. The van der Waals surface area contributed by atoms with E-state index in [4.69, 9.17) is 0 Å². The van der Waals surface area contributed by atoms with Gasteiger partial charge in [-0.05, 0) is 39.5 Å². The molecule has 0 aromatic carbocycles. The number of ether oxygens (including phenoxy) is 1. The lowest BCUT2D eigenvalue weighted by Gasteiger charge is -2.32. The second-order valence-electron chi connectivity index (χ2n) is 6.67. The number of methoxy groups -OCH3 is 1. The molecule has 1 N–H and O–H groups in total. The van der Waals surface area contributed by atoms with Crippen molar-refractivity contribution >= 4 is 12.0 Å². The minimum Gasteiger partial charge on any atom is -0.468 e. The summed E-state index contributed by atoms with van der Waals surface area (Å²) in [5.74, 6) is 1.04. The minimum atomic E-state index is -0.439. The molecule has 1 fully saturated rings. The first-order chi connectivity index (χ1) is 11.4. The molecule has 0 radical (unpaired) electrons. The van der Waals surface area contributed by atoms with Gasteiger partial charge in [0.15, 0.2) is 0 Å². The molecule has 2 amide bonds. The smallest absolute Gasteiger partial charge is 0.325 e. The number of carbonyl (C=O) groups excluding carboxylic acids is 2. The molecule has 7 heteroatoms. The van der Waals surface area contributed by atoms with E-state index in [0.717, 1.165) is 31.6 Å². The fraction of sp³-hybridized carbons (Fsp3) is 0.706. The standard InChI is InChI=1S/C17H28N4O3/c1-12(2)21-13(3)9-18-15(21)8-14-6-5-7-20(11-14)17(23)19-10-16(22)24-4/h9,12,14H,5-8,10-11H2,1-4H3,(H,19,23). The number of urea groups is 1. The Labute approximate surface area is 143 Å². The highest BCUT2D eigenvalue weighted by Gasteiger charge is 2.25. The van der Waals surface area contributed by atoms with Gasteiger partial charge in [-0.2, -0.15) is 0 Å². The van der Waals surface area contributed by atoms with Crippen LogP contribution in [0.1, 0.15) is 44.2 Å². The van der Waals surface area contributed by atoms with E-state index in [9.17, 15) is 9.59 Å². The second-order valence-corrected chi connectivity index (χ2v) is 6.67. The molecule has 1 aromatic heterocycles. The number of esters is 1. The SMILES string of the molecule is COC(=O)CNC(=O)N1CCCC(Cc2ncc(C)n2C(C)C)C1. The van der Waals surface area contributed by atoms with Crippen LogP contribution in [0.2, 0.25) is 0 Å². The number of likely N-dealkylation sites (tertiary alicyclic amines) is 1. The first kappa shape index (κ1) is 18.3. The molecule has 1 saturated heterocycles. The van der Waals surface area contributed by atoms with E-state index in [2.05, 4.69) is 40.4 Å². The summed E-state index contributed by atoms with van der Waals surface area (Å²) < 4.78 is 6.80. The monoisotopic (exact) mass is 336 g/mol. The summed E-state index contributed by atoms with van der Waals surface area (Å²) in [6.45, 7) is 7.72. The van der Waals surface area contributed by atoms with Crippen LogP contribution in [0.5, 0.6) is 0 Å². The van der Waals surface area contributed by atoms with Gasteiger partial charge in [0.1, 0.15) is 12.4 Å². The Hall–Kier alpha value is -2.05. The highest BCUT2D eigenvalue weighted by atomic mass is 16.5. The molecule has 0 bridgehead atoms. The van der Waals surface area contributed by atoms with Gasteiger partial charge in [0.05, 0.1) is 7.11 Å². The molecule has 1 aliphatic heterocycles. The average molecular weight is 336 g/mol. The van der Waals surface area contributed by atoms with E-state index in [0.29, 0.717) is 18.5 Å². The summed E-state index contributed by atoms with van der Waals surface area (Å²) in [6, 6.07) is 0.180. The fourth-order valence-electron chi connectivity index (χ4n) is 3.36. The second kappa shape index (κ2) is 8.17. The number of amides is 2. The van der Waals surface area contributed by atoms with Crippen molar-refractivity contribution in [1.29, 1.82) is 0 Å². The van der Waals surface area contributed by atoms with Crippen molar-refractivity contribution in [2.75, 3.05) is 26.7 Å². The zero-order valence-corrected chi connectivity index (χ0v) is 15.0. The van der Waals surface area contributed by atoms with Gasteiger partial charge in [0.25, 0.3) is 0 Å². The number of aryl methyl sites for hydroxylation is 1. The molecule has 1 unspecified atom stereocenters. The number of piperidine rings is 1. The van der Waals surface area contributed by atoms with Crippen LogP contribution in [-0.2, 0) is 16.0 Å². The number of imidazole rings is 1. The molecular formula is C17H28N4O3. The molecule has 134 valence electrons. The van der Waals surface area contributed by atoms with Crippen molar-refractivity contribution in [1.82, 2.24) is 19.8 Å². The summed E-state index contributed by atoms with van der Waals surface area (Å²) in [5, 5.41) is 2.61. The van der Waals surface area contributed by atoms with Crippen LogP contribution >= 0.6 is 0 Å². The number of carbonyl (C=O) groups is 2. The highest BCUT2D eigenvalue weighted by Crippen LogP contribution is 2.22. The number of rotatable bonds is 5. The van der Waals surface area contributed by atoms with Crippen molar-refractivity contribution in [2.45, 2.75) is 46.1 Å². The number of nitrogens with zero attached hydrogens (tertiary/aromatic N) is 3. The molecule has 24 heavy (non-hydrogen) atoms. The third-order valence-corrected chi connectivity index (χ3v) is 4.46. The number of hydrogen-bond donors (Lipinski definition) is 1. The van der Waals surface area contributed by atoms with Crippen molar-refractivity contribution in [3.05, 3.63) is 17.7 Å². The Morgan fingerprint density at radius 1 is 1.46 bits per heavy atom. The molecule has 1 aliphatic rings. The molecular weight excluding hydrogens is 308 g/mol. The van der Waals surface area contributed by atoms with Crippen molar-refractivity contribution < 1.29 is 14.3 Å². The molecule has 0 spiro atoms. The fourth-order valence-corrected chi connectivity index (χ4v) is 3.36. The average Bonchev–Trinajstić information content (AvgIpc) is 2.93. The van der Waals surface area contributed by atoms with E-state index < -0.39 is 5.97 Å². The molecule has 1 atom stereocenters. The van der Waals surface area contributed by atoms with Gasteiger partial charge in [-0.3, -0.25) is 4.79 Å². The Morgan fingerprint density at radius 2 is 2.21 bits per heavy atom. The van der Waals surface area contributed by atoms with Crippen LogP contribution in [0.15, 0.2) is 6.20 Å². The number of nitrogens with one attached hydrogen (secondary N) is 1. The Morgan fingerprint density at radius 3 is 2.88 bits per heavy atom. The first-order valence-electron chi connectivity index (χ1n) is 8.54. The summed E-state index contributed by atoms with van der Waals surface area (Å²) in [7, 11) is 1.31. The third kappa shape index (κ3) is 4.49. The van der Waals surface area contributed by atoms with Crippen molar-refractivity contribution in [3.8, 4) is 0 Å². The quantitative estimate of drug-likeness (QED) is 0.833. The van der Waals surface area contributed by atoms with Gasteiger partial charge < -0.3 is 19.5 Å². The molecule has 2 rings (SSSR count). The van der Waals surface area contributed by atoms with Crippen molar-refractivity contribution in [2.24, 2.45) is 5.92 Å². The van der Waals surface area contributed by atoms with E-state index >= 15 is 0 Å². The lowest BCUT2D eigenvalue weighted by Crippen LogP contribution is -2.47. The summed E-state index contributed by atoms with van der Waals surface area (Å²) in [5.41, 5.74) is 1.17. The van der Waals surface area contributed by atoms with Gasteiger partial charge >= 0.3 is 12.0 Å². The van der Waals surface area contributed by atoms with Gasteiger partial charge in [0.2, 0.25) is 0 Å². The Balaban J connectivity index is 1.94. The highest BCUT2D eigenvalue weighted by molar-refractivity contribution is 5.80. The maximum atomic E-state index is 12.2. The molecule has 2 heterocycles. The molecule has 1 aromatic rings.